The number of nitrogens with two attached hydrogens (primary N) is 1. The van der Waals surface area contributed by atoms with E-state index in [1.807, 2.05) is 0 Å². The van der Waals surface area contributed by atoms with Gasteiger partial charge in [0, 0.05) is 6.04 Å². The van der Waals surface area contributed by atoms with Crippen LogP contribution in [-0.4, -0.2) is 27.9 Å². The van der Waals surface area contributed by atoms with E-state index in [1.165, 1.54) is 11.6 Å². The maximum Gasteiger partial charge on any atom is 0.391 e. The van der Waals surface area contributed by atoms with Gasteiger partial charge in [0.05, 0.1) is 23.5 Å². The zero-order valence-corrected chi connectivity index (χ0v) is 11.0. The van der Waals surface area contributed by atoms with Gasteiger partial charge in [0.1, 0.15) is 6.54 Å². The lowest BCUT2D eigenvalue weighted by Gasteiger charge is -2.16. The first-order valence-electron chi connectivity index (χ1n) is 5.75. The second-order valence-electron chi connectivity index (χ2n) is 4.53. The van der Waals surface area contributed by atoms with E-state index in [1.54, 1.807) is 13.8 Å². The minimum absolute atomic E-state index is 0.147. The molecule has 1 amide bonds. The number of nitrogens with one attached hydrogen (secondary N) is 1. The third-order valence-electron chi connectivity index (χ3n) is 2.68. The lowest BCUT2D eigenvalue weighted by atomic mass is 10.2. The summed E-state index contributed by atoms with van der Waals surface area (Å²) >= 11 is 0. The molecule has 0 aromatic carbocycles. The van der Waals surface area contributed by atoms with Crippen LogP contribution in [0.2, 0.25) is 0 Å². The number of aromatic nitrogens is 2. The Kier molecular flexibility index (Phi) is 4.43. The van der Waals surface area contributed by atoms with Crippen LogP contribution < -0.4 is 11.1 Å². The van der Waals surface area contributed by atoms with Crippen LogP contribution in [0.3, 0.4) is 0 Å². The molecule has 1 aromatic heterocycles. The minimum atomic E-state index is -4.30. The third kappa shape index (κ3) is 4.46. The molecular weight excluding hydrogens is 261 g/mol. The van der Waals surface area contributed by atoms with Gasteiger partial charge in [0.2, 0.25) is 5.91 Å². The van der Waals surface area contributed by atoms with E-state index in [0.717, 1.165) is 0 Å². The molecule has 1 unspecified atom stereocenters. The number of anilines is 1. The first-order valence-corrected chi connectivity index (χ1v) is 5.75. The van der Waals surface area contributed by atoms with Gasteiger partial charge in [-0.3, -0.25) is 9.48 Å². The van der Waals surface area contributed by atoms with Gasteiger partial charge in [0.15, 0.2) is 0 Å². The number of carbonyl (C=O) groups excluding carboxylic acids is 1. The molecule has 1 atom stereocenters. The van der Waals surface area contributed by atoms with Gasteiger partial charge in [-0.1, -0.05) is 0 Å². The predicted molar refractivity (Wildman–Crippen MR) is 64.4 cm³/mol. The van der Waals surface area contributed by atoms with Crippen LogP contribution in [0.1, 0.15) is 24.7 Å². The predicted octanol–water partition coefficient (Wildman–Crippen LogP) is 1.54. The van der Waals surface area contributed by atoms with Gasteiger partial charge in [-0.2, -0.15) is 18.3 Å². The summed E-state index contributed by atoms with van der Waals surface area (Å²) in [6.07, 6.45) is -5.35. The van der Waals surface area contributed by atoms with Crippen molar-refractivity contribution in [2.24, 2.45) is 0 Å². The number of nitrogen functional groups attached to an aromatic ring is 1. The summed E-state index contributed by atoms with van der Waals surface area (Å²) in [7, 11) is 0. The Hall–Kier alpha value is -1.73. The monoisotopic (exact) mass is 278 g/mol. The normalized spacial score (nSPS) is 13.4. The minimum Gasteiger partial charge on any atom is -0.396 e. The van der Waals surface area contributed by atoms with E-state index < -0.39 is 24.5 Å². The molecule has 0 fully saturated rings. The van der Waals surface area contributed by atoms with E-state index in [2.05, 4.69) is 10.4 Å². The summed E-state index contributed by atoms with van der Waals surface area (Å²) in [6.45, 7) is 4.55. The van der Waals surface area contributed by atoms with Gasteiger partial charge in [0.25, 0.3) is 0 Å². The average Bonchev–Trinajstić information content (AvgIpc) is 2.43. The van der Waals surface area contributed by atoms with E-state index in [-0.39, 0.29) is 6.54 Å². The Morgan fingerprint density at radius 2 is 2.05 bits per heavy atom. The lowest BCUT2D eigenvalue weighted by molar-refractivity contribution is -0.141. The first kappa shape index (κ1) is 15.3. The van der Waals surface area contributed by atoms with Crippen molar-refractivity contribution >= 4 is 11.6 Å². The van der Waals surface area contributed by atoms with Gasteiger partial charge >= 0.3 is 6.18 Å². The highest BCUT2D eigenvalue weighted by Crippen LogP contribution is 2.21. The molecule has 1 heterocycles. The molecule has 1 rings (SSSR count). The molecule has 0 aliphatic rings. The molecule has 108 valence electrons. The van der Waals surface area contributed by atoms with Crippen molar-refractivity contribution in [3.63, 3.8) is 0 Å². The molecular formula is C11H17F3N4O. The Morgan fingerprint density at radius 1 is 1.47 bits per heavy atom. The highest BCUT2D eigenvalue weighted by Gasteiger charge is 2.30. The van der Waals surface area contributed by atoms with Crippen LogP contribution in [0.4, 0.5) is 18.9 Å². The zero-order chi connectivity index (χ0) is 14.8. The first-order chi connectivity index (χ1) is 8.60. The summed E-state index contributed by atoms with van der Waals surface area (Å²) in [5.41, 5.74) is 7.39. The molecule has 8 heteroatoms. The molecule has 0 bridgehead atoms. The molecule has 0 spiro atoms. The fourth-order valence-electron chi connectivity index (χ4n) is 1.72. The quantitative estimate of drug-likeness (QED) is 0.877. The number of rotatable bonds is 4. The average molecular weight is 278 g/mol. The van der Waals surface area contributed by atoms with Crippen molar-refractivity contribution in [3.05, 3.63) is 11.4 Å². The third-order valence-corrected chi connectivity index (χ3v) is 2.68. The van der Waals surface area contributed by atoms with Crippen molar-refractivity contribution in [2.45, 2.75) is 46.0 Å². The summed E-state index contributed by atoms with van der Waals surface area (Å²) in [4.78, 5) is 11.6. The molecule has 3 N–H and O–H groups in total. The Bertz CT molecular complexity index is 467. The molecule has 19 heavy (non-hydrogen) atoms. The highest BCUT2D eigenvalue weighted by atomic mass is 19.4. The summed E-state index contributed by atoms with van der Waals surface area (Å²) in [6, 6.07) is -0.971. The van der Waals surface area contributed by atoms with Crippen LogP contribution in [-0.2, 0) is 11.3 Å². The largest absolute Gasteiger partial charge is 0.396 e. The summed E-state index contributed by atoms with van der Waals surface area (Å²) in [5.74, 6) is -0.526. The Labute approximate surface area is 109 Å². The van der Waals surface area contributed by atoms with Gasteiger partial charge in [-0.15, -0.1) is 0 Å². The summed E-state index contributed by atoms with van der Waals surface area (Å²) in [5, 5.41) is 6.32. The van der Waals surface area contributed by atoms with Gasteiger partial charge in [-0.25, -0.2) is 0 Å². The highest BCUT2D eigenvalue weighted by molar-refractivity contribution is 5.76. The molecule has 5 nitrogen and oxygen atoms in total. The number of carbonyl (C=O) groups is 1. The van der Waals surface area contributed by atoms with Gasteiger partial charge < -0.3 is 11.1 Å². The molecule has 0 radical (unpaired) electrons. The van der Waals surface area contributed by atoms with E-state index >= 15 is 0 Å². The SMILES string of the molecule is Cc1nn(CC(=O)NC(C)CC(F)(F)F)c(C)c1N. The Balaban J connectivity index is 2.58. The summed E-state index contributed by atoms with van der Waals surface area (Å²) < 4.78 is 37.7. The number of halogens is 3. The molecule has 0 saturated heterocycles. The maximum absolute atomic E-state index is 12.1. The molecule has 0 aliphatic carbocycles. The second kappa shape index (κ2) is 5.50. The molecule has 0 saturated carbocycles. The van der Waals surface area contributed by atoms with Crippen molar-refractivity contribution in [1.82, 2.24) is 15.1 Å². The number of nitrogens with zero attached hydrogens (tertiary/aromatic N) is 2. The zero-order valence-electron chi connectivity index (χ0n) is 11.0. The number of amides is 1. The number of hydrogen-bond donors (Lipinski definition) is 2. The van der Waals surface area contributed by atoms with Crippen LogP contribution in [0.15, 0.2) is 0 Å². The number of alkyl halides is 3. The Morgan fingerprint density at radius 3 is 2.47 bits per heavy atom. The smallest absolute Gasteiger partial charge is 0.391 e. The van der Waals surface area contributed by atoms with E-state index in [9.17, 15) is 18.0 Å². The van der Waals surface area contributed by atoms with E-state index in [0.29, 0.717) is 17.1 Å². The molecule has 0 aliphatic heterocycles. The van der Waals surface area contributed by atoms with E-state index in [4.69, 9.17) is 5.73 Å². The topological polar surface area (TPSA) is 72.9 Å². The lowest BCUT2D eigenvalue weighted by Crippen LogP contribution is -2.38. The van der Waals surface area contributed by atoms with Crippen LogP contribution in [0, 0.1) is 13.8 Å². The van der Waals surface area contributed by atoms with Crippen molar-refractivity contribution in [3.8, 4) is 0 Å². The van der Waals surface area contributed by atoms with Crippen LogP contribution in [0.25, 0.3) is 0 Å². The van der Waals surface area contributed by atoms with Crippen LogP contribution in [0.5, 0.6) is 0 Å². The number of hydrogen-bond acceptors (Lipinski definition) is 3. The van der Waals surface area contributed by atoms with Gasteiger partial charge in [-0.05, 0) is 20.8 Å². The van der Waals surface area contributed by atoms with Crippen molar-refractivity contribution in [1.29, 1.82) is 0 Å². The fourth-order valence-corrected chi connectivity index (χ4v) is 1.72. The standard InChI is InChI=1S/C11H17F3N4O/c1-6(4-11(12,13)14)16-9(19)5-18-8(3)10(15)7(2)17-18/h6H,4-5,15H2,1-3H3,(H,16,19). The fraction of sp³-hybridized carbons (Fsp3) is 0.636. The van der Waals surface area contributed by atoms with Crippen LogP contribution >= 0.6 is 0 Å². The molecule has 1 aromatic rings. The maximum atomic E-state index is 12.1. The van der Waals surface area contributed by atoms with Crippen molar-refractivity contribution < 1.29 is 18.0 Å². The van der Waals surface area contributed by atoms with Crippen molar-refractivity contribution in [2.75, 3.05) is 5.73 Å². The second-order valence-corrected chi connectivity index (χ2v) is 4.53. The number of aryl methyl sites for hydroxylation is 1.